The Labute approximate surface area is 118 Å². The van der Waals surface area contributed by atoms with Crippen molar-refractivity contribution in [3.05, 3.63) is 12.7 Å². The molecule has 0 bridgehead atoms. The lowest BCUT2D eigenvalue weighted by Crippen LogP contribution is -2.12. The van der Waals surface area contributed by atoms with Crippen molar-refractivity contribution in [3.8, 4) is 0 Å². The molecule has 0 aliphatic carbocycles. The zero-order chi connectivity index (χ0) is 14.0. The third kappa shape index (κ3) is 3.37. The summed E-state index contributed by atoms with van der Waals surface area (Å²) < 4.78 is 2.39. The third-order valence-electron chi connectivity index (χ3n) is 2.67. The van der Waals surface area contributed by atoms with E-state index in [0.29, 0.717) is 4.75 Å². The van der Waals surface area contributed by atoms with Gasteiger partial charge in [0.2, 0.25) is 0 Å². The van der Waals surface area contributed by atoms with Crippen LogP contribution in [-0.4, -0.2) is 44.1 Å². The van der Waals surface area contributed by atoms with Gasteiger partial charge in [0, 0.05) is 31.1 Å². The molecule has 0 unspecified atom stereocenters. The van der Waals surface area contributed by atoms with E-state index in [1.54, 1.807) is 6.33 Å². The molecule has 0 amide bonds. The van der Waals surface area contributed by atoms with E-state index >= 15 is 0 Å². The summed E-state index contributed by atoms with van der Waals surface area (Å²) in [6, 6.07) is 0. The molecule has 2 rings (SSSR count). The number of thioether (sulfide) groups is 1. The zero-order valence-electron chi connectivity index (χ0n) is 12.2. The number of hydrogen-bond donors (Lipinski definition) is 0. The number of rotatable bonds is 4. The van der Waals surface area contributed by atoms with Crippen molar-refractivity contribution in [2.24, 2.45) is 0 Å². The highest BCUT2D eigenvalue weighted by molar-refractivity contribution is 8.00. The van der Waals surface area contributed by atoms with E-state index in [1.165, 1.54) is 0 Å². The Hall–Kier alpha value is -1.30. The minimum Gasteiger partial charge on any atom is -0.361 e. The van der Waals surface area contributed by atoms with Gasteiger partial charge < -0.3 is 9.47 Å². The van der Waals surface area contributed by atoms with Crippen molar-refractivity contribution >= 4 is 28.7 Å². The first-order valence-corrected chi connectivity index (χ1v) is 7.34. The molecule has 0 aliphatic heterocycles. The van der Waals surface area contributed by atoms with Crippen LogP contribution in [0.4, 0.5) is 5.82 Å². The normalized spacial score (nSPS) is 12.1. The van der Waals surface area contributed by atoms with E-state index < -0.39 is 0 Å². The van der Waals surface area contributed by atoms with Crippen LogP contribution < -0.4 is 4.90 Å². The van der Waals surface area contributed by atoms with Gasteiger partial charge in [-0.05, 0) is 0 Å². The summed E-state index contributed by atoms with van der Waals surface area (Å²) in [6.07, 6.45) is 3.46. The summed E-state index contributed by atoms with van der Waals surface area (Å²) in [5.41, 5.74) is 1.78. The minimum absolute atomic E-state index is 0.292. The average Bonchev–Trinajstić information content (AvgIpc) is 2.70. The Morgan fingerprint density at radius 3 is 2.58 bits per heavy atom. The monoisotopic (exact) mass is 279 g/mol. The summed E-state index contributed by atoms with van der Waals surface area (Å²) in [7, 11) is 3.94. The number of hydrogen-bond acceptors (Lipinski definition) is 5. The Morgan fingerprint density at radius 1 is 1.21 bits per heavy atom. The molecule has 0 radical (unpaired) electrons. The second kappa shape index (κ2) is 5.36. The molecule has 0 saturated heterocycles. The molecule has 104 valence electrons. The predicted molar refractivity (Wildman–Crippen MR) is 81.9 cm³/mol. The van der Waals surface area contributed by atoms with Crippen LogP contribution in [0.1, 0.15) is 20.8 Å². The van der Waals surface area contributed by atoms with E-state index in [2.05, 4.69) is 40.3 Å². The molecule has 0 saturated carbocycles. The van der Waals surface area contributed by atoms with Gasteiger partial charge in [-0.3, -0.25) is 0 Å². The van der Waals surface area contributed by atoms with Gasteiger partial charge in [0.1, 0.15) is 6.33 Å². The summed E-state index contributed by atoms with van der Waals surface area (Å²) in [5.74, 6) is 1.92. The maximum Gasteiger partial charge on any atom is 0.165 e. The van der Waals surface area contributed by atoms with Crippen molar-refractivity contribution in [2.45, 2.75) is 32.1 Å². The predicted octanol–water partition coefficient (Wildman–Crippen LogP) is 2.42. The highest BCUT2D eigenvalue weighted by Crippen LogP contribution is 2.24. The van der Waals surface area contributed by atoms with E-state index in [0.717, 1.165) is 29.3 Å². The summed E-state index contributed by atoms with van der Waals surface area (Å²) in [6.45, 7) is 7.62. The largest absolute Gasteiger partial charge is 0.361 e. The Morgan fingerprint density at radius 2 is 1.95 bits per heavy atom. The van der Waals surface area contributed by atoms with Crippen LogP contribution in [0.25, 0.3) is 11.2 Å². The molecule has 0 aliphatic rings. The van der Waals surface area contributed by atoms with E-state index in [1.807, 2.05) is 37.1 Å². The quantitative estimate of drug-likeness (QED) is 0.860. The topological polar surface area (TPSA) is 46.8 Å². The third-order valence-corrected chi connectivity index (χ3v) is 3.93. The lowest BCUT2D eigenvalue weighted by atomic mass is 10.3. The fraction of sp³-hybridized carbons (Fsp3) is 0.615. The summed E-state index contributed by atoms with van der Waals surface area (Å²) in [5, 5.41) is 0. The minimum atomic E-state index is 0.292. The number of fused-ring (bicyclic) bond motifs is 1. The molecule has 2 aromatic rings. The van der Waals surface area contributed by atoms with Crippen molar-refractivity contribution in [1.29, 1.82) is 0 Å². The first-order valence-electron chi connectivity index (χ1n) is 6.35. The lowest BCUT2D eigenvalue weighted by molar-refractivity contribution is 0.763. The van der Waals surface area contributed by atoms with Gasteiger partial charge in [-0.1, -0.05) is 20.8 Å². The molecule has 19 heavy (non-hydrogen) atoms. The molecule has 2 heterocycles. The standard InChI is InChI=1S/C13H21N5S/c1-13(2,3)19-7-6-18-9-16-10-11(17(4)5)14-8-15-12(10)18/h8-9H,6-7H2,1-5H3. The van der Waals surface area contributed by atoms with Gasteiger partial charge >= 0.3 is 0 Å². The molecule has 6 heteroatoms. The summed E-state index contributed by atoms with van der Waals surface area (Å²) >= 11 is 1.95. The molecular formula is C13H21N5S. The number of aromatic nitrogens is 4. The van der Waals surface area contributed by atoms with Crippen LogP contribution in [0.15, 0.2) is 12.7 Å². The number of nitrogens with zero attached hydrogens (tertiary/aromatic N) is 5. The van der Waals surface area contributed by atoms with Crippen LogP contribution in [0.5, 0.6) is 0 Å². The van der Waals surface area contributed by atoms with Crippen LogP contribution in [0.3, 0.4) is 0 Å². The lowest BCUT2D eigenvalue weighted by Gasteiger charge is -2.17. The second-order valence-corrected chi connectivity index (χ2v) is 7.58. The summed E-state index contributed by atoms with van der Waals surface area (Å²) in [4.78, 5) is 15.0. The highest BCUT2D eigenvalue weighted by atomic mass is 32.2. The first-order chi connectivity index (χ1) is 8.88. The van der Waals surface area contributed by atoms with E-state index in [4.69, 9.17) is 0 Å². The SMILES string of the molecule is CN(C)c1ncnc2c1ncn2CCSC(C)(C)C. The zero-order valence-corrected chi connectivity index (χ0v) is 13.0. The van der Waals surface area contributed by atoms with Gasteiger partial charge in [0.15, 0.2) is 17.0 Å². The molecule has 0 atom stereocenters. The number of imidazole rings is 1. The molecule has 0 spiro atoms. The van der Waals surface area contributed by atoms with Gasteiger partial charge in [-0.2, -0.15) is 11.8 Å². The van der Waals surface area contributed by atoms with Crippen LogP contribution in [0, 0.1) is 0 Å². The second-order valence-electron chi connectivity index (χ2n) is 5.66. The van der Waals surface area contributed by atoms with Crippen molar-refractivity contribution in [2.75, 3.05) is 24.7 Å². The Balaban J connectivity index is 2.19. The van der Waals surface area contributed by atoms with Gasteiger partial charge in [0.05, 0.1) is 6.33 Å². The van der Waals surface area contributed by atoms with Crippen LogP contribution >= 0.6 is 11.8 Å². The average molecular weight is 279 g/mol. The van der Waals surface area contributed by atoms with Gasteiger partial charge in [0.25, 0.3) is 0 Å². The maximum atomic E-state index is 4.44. The Bertz CT molecular complexity index is 556. The molecule has 5 nitrogen and oxygen atoms in total. The number of anilines is 1. The fourth-order valence-electron chi connectivity index (χ4n) is 1.81. The first kappa shape index (κ1) is 14.1. The molecule has 2 aromatic heterocycles. The fourth-order valence-corrected chi connectivity index (χ4v) is 2.71. The Kier molecular flexibility index (Phi) is 3.99. The highest BCUT2D eigenvalue weighted by Gasteiger charge is 2.13. The van der Waals surface area contributed by atoms with Crippen LogP contribution in [-0.2, 0) is 6.54 Å². The molecule has 0 N–H and O–H groups in total. The molecular weight excluding hydrogens is 258 g/mol. The molecule has 0 fully saturated rings. The van der Waals surface area contributed by atoms with Gasteiger partial charge in [-0.15, -0.1) is 0 Å². The van der Waals surface area contributed by atoms with Crippen molar-refractivity contribution in [3.63, 3.8) is 0 Å². The van der Waals surface area contributed by atoms with E-state index in [-0.39, 0.29) is 0 Å². The molecule has 0 aromatic carbocycles. The maximum absolute atomic E-state index is 4.44. The van der Waals surface area contributed by atoms with Crippen molar-refractivity contribution in [1.82, 2.24) is 19.5 Å². The van der Waals surface area contributed by atoms with E-state index in [9.17, 15) is 0 Å². The van der Waals surface area contributed by atoms with Gasteiger partial charge in [-0.25, -0.2) is 15.0 Å². The van der Waals surface area contributed by atoms with Crippen LogP contribution in [0.2, 0.25) is 0 Å². The number of aryl methyl sites for hydroxylation is 1. The smallest absolute Gasteiger partial charge is 0.165 e. The van der Waals surface area contributed by atoms with Crippen molar-refractivity contribution < 1.29 is 0 Å².